The minimum absolute atomic E-state index is 0.0863. The first-order valence-corrected chi connectivity index (χ1v) is 10.9. The molecule has 0 saturated carbocycles. The molecule has 0 amide bonds. The molecule has 5 aromatic rings. The van der Waals surface area contributed by atoms with E-state index in [1.54, 1.807) is 22.7 Å². The van der Waals surface area contributed by atoms with Crippen LogP contribution < -0.4 is 5.56 Å². The molecule has 0 saturated heterocycles. The van der Waals surface area contributed by atoms with Crippen LogP contribution in [0.25, 0.3) is 30.9 Å². The van der Waals surface area contributed by atoms with E-state index in [0.29, 0.717) is 24.3 Å². The van der Waals surface area contributed by atoms with Gasteiger partial charge in [-0.1, -0.05) is 42.5 Å². The summed E-state index contributed by atoms with van der Waals surface area (Å²) in [7, 11) is 2.01. The quantitative estimate of drug-likeness (QED) is 0.441. The Morgan fingerprint density at radius 1 is 0.966 bits per heavy atom. The molecule has 3 aromatic heterocycles. The number of thiazole rings is 1. The fourth-order valence-corrected chi connectivity index (χ4v) is 5.43. The first-order chi connectivity index (χ1) is 14.2. The van der Waals surface area contributed by atoms with Crippen molar-refractivity contribution >= 4 is 43.1 Å². The second kappa shape index (κ2) is 7.51. The second-order valence-electron chi connectivity index (χ2n) is 6.96. The van der Waals surface area contributed by atoms with Crippen LogP contribution in [0, 0.1) is 0 Å². The zero-order valence-electron chi connectivity index (χ0n) is 15.8. The first kappa shape index (κ1) is 18.2. The molecule has 5 nitrogen and oxygen atoms in total. The Kier molecular flexibility index (Phi) is 4.71. The van der Waals surface area contributed by atoms with Crippen LogP contribution in [-0.4, -0.2) is 26.9 Å². The standard InChI is InChI=1S/C22H18N4OS2/c1-26(13-20-23-16-9-5-6-10-17(16)28-20)12-19-24-21(27)15-11-18(29-22(15)25-19)14-7-3-2-4-8-14/h2-11H,12-13H2,1H3,(H,24,25,27). The fourth-order valence-electron chi connectivity index (χ4n) is 3.33. The molecular formula is C22H18N4OS2. The average molecular weight is 419 g/mol. The van der Waals surface area contributed by atoms with E-state index in [4.69, 9.17) is 4.98 Å². The van der Waals surface area contributed by atoms with Crippen LogP contribution in [0.2, 0.25) is 0 Å². The number of para-hydroxylation sites is 1. The number of hydrogen-bond acceptors (Lipinski definition) is 6. The van der Waals surface area contributed by atoms with Crippen molar-refractivity contribution in [3.8, 4) is 10.4 Å². The fraction of sp³-hybridized carbons (Fsp3) is 0.136. The smallest absolute Gasteiger partial charge is 0.259 e. The summed E-state index contributed by atoms with van der Waals surface area (Å²) in [4.78, 5) is 28.9. The zero-order valence-corrected chi connectivity index (χ0v) is 17.4. The summed E-state index contributed by atoms with van der Waals surface area (Å²) in [5.41, 5.74) is 2.04. The summed E-state index contributed by atoms with van der Waals surface area (Å²) < 4.78 is 1.19. The van der Waals surface area contributed by atoms with Crippen LogP contribution in [0.1, 0.15) is 10.8 Å². The normalized spacial score (nSPS) is 11.7. The molecule has 3 heterocycles. The van der Waals surface area contributed by atoms with Crippen LogP contribution >= 0.6 is 22.7 Å². The number of hydrogen-bond donors (Lipinski definition) is 1. The summed E-state index contributed by atoms with van der Waals surface area (Å²) in [5, 5.41) is 1.70. The maximum atomic E-state index is 12.6. The Bertz CT molecular complexity index is 1320. The molecular weight excluding hydrogens is 400 g/mol. The molecule has 2 aromatic carbocycles. The molecule has 0 aliphatic rings. The van der Waals surface area contributed by atoms with Gasteiger partial charge in [0.1, 0.15) is 15.7 Å². The van der Waals surface area contributed by atoms with E-state index in [-0.39, 0.29) is 5.56 Å². The zero-order chi connectivity index (χ0) is 19.8. The molecule has 0 fully saturated rings. The molecule has 5 rings (SSSR count). The van der Waals surface area contributed by atoms with Crippen molar-refractivity contribution < 1.29 is 0 Å². The Balaban J connectivity index is 1.39. The van der Waals surface area contributed by atoms with Gasteiger partial charge in [0.25, 0.3) is 5.56 Å². The second-order valence-corrected chi connectivity index (χ2v) is 9.10. The van der Waals surface area contributed by atoms with Crippen LogP contribution in [0.4, 0.5) is 0 Å². The van der Waals surface area contributed by atoms with Gasteiger partial charge in [-0.3, -0.25) is 9.69 Å². The van der Waals surface area contributed by atoms with Gasteiger partial charge in [0.05, 0.1) is 28.7 Å². The number of rotatable bonds is 5. The van der Waals surface area contributed by atoms with E-state index in [9.17, 15) is 4.79 Å². The lowest BCUT2D eigenvalue weighted by Gasteiger charge is -2.13. The van der Waals surface area contributed by atoms with Gasteiger partial charge in [-0.15, -0.1) is 22.7 Å². The van der Waals surface area contributed by atoms with Crippen molar-refractivity contribution in [3.63, 3.8) is 0 Å². The van der Waals surface area contributed by atoms with Crippen molar-refractivity contribution in [3.05, 3.63) is 81.8 Å². The van der Waals surface area contributed by atoms with Crippen molar-refractivity contribution in [2.45, 2.75) is 13.1 Å². The molecule has 0 aliphatic heterocycles. The minimum Gasteiger partial charge on any atom is -0.309 e. The monoisotopic (exact) mass is 418 g/mol. The SMILES string of the molecule is CN(Cc1nc2sc(-c3ccccc3)cc2c(=O)[nH]1)Cc1nc2ccccc2s1. The van der Waals surface area contributed by atoms with Crippen molar-refractivity contribution in [1.29, 1.82) is 0 Å². The van der Waals surface area contributed by atoms with E-state index in [1.165, 1.54) is 4.70 Å². The van der Waals surface area contributed by atoms with Crippen molar-refractivity contribution in [2.24, 2.45) is 0 Å². The third-order valence-corrected chi connectivity index (χ3v) is 6.77. The number of thiophene rings is 1. The van der Waals surface area contributed by atoms with Gasteiger partial charge in [-0.25, -0.2) is 9.97 Å². The van der Waals surface area contributed by atoms with Gasteiger partial charge in [0, 0.05) is 4.88 Å². The van der Waals surface area contributed by atoms with Gasteiger partial charge in [-0.2, -0.15) is 0 Å². The average Bonchev–Trinajstić information content (AvgIpc) is 3.32. The molecule has 144 valence electrons. The Morgan fingerprint density at radius 3 is 2.59 bits per heavy atom. The first-order valence-electron chi connectivity index (χ1n) is 9.27. The van der Waals surface area contributed by atoms with Crippen LogP contribution in [0.5, 0.6) is 0 Å². The summed E-state index contributed by atoms with van der Waals surface area (Å²) in [5.74, 6) is 0.674. The van der Waals surface area contributed by atoms with E-state index in [2.05, 4.69) is 20.9 Å². The summed E-state index contributed by atoms with van der Waals surface area (Å²) in [6.45, 7) is 1.26. The Labute approximate surface area is 175 Å². The summed E-state index contributed by atoms with van der Waals surface area (Å²) in [6.07, 6.45) is 0. The van der Waals surface area contributed by atoms with E-state index < -0.39 is 0 Å². The molecule has 0 aliphatic carbocycles. The highest BCUT2D eigenvalue weighted by Crippen LogP contribution is 2.30. The molecule has 0 bridgehead atoms. The number of aromatic amines is 1. The van der Waals surface area contributed by atoms with Gasteiger partial charge in [-0.05, 0) is 30.8 Å². The molecule has 0 spiro atoms. The van der Waals surface area contributed by atoms with Gasteiger partial charge in [0.2, 0.25) is 0 Å². The maximum Gasteiger partial charge on any atom is 0.259 e. The van der Waals surface area contributed by atoms with Crippen molar-refractivity contribution in [1.82, 2.24) is 19.9 Å². The molecule has 1 N–H and O–H groups in total. The highest BCUT2D eigenvalue weighted by molar-refractivity contribution is 7.21. The van der Waals surface area contributed by atoms with Gasteiger partial charge in [0.15, 0.2) is 0 Å². The lowest BCUT2D eigenvalue weighted by atomic mass is 10.2. The Morgan fingerprint density at radius 2 is 1.76 bits per heavy atom. The maximum absolute atomic E-state index is 12.6. The number of nitrogens with zero attached hydrogens (tertiary/aromatic N) is 3. The summed E-state index contributed by atoms with van der Waals surface area (Å²) in [6, 6.07) is 20.2. The summed E-state index contributed by atoms with van der Waals surface area (Å²) >= 11 is 3.25. The third kappa shape index (κ3) is 3.72. The molecule has 7 heteroatoms. The molecule has 29 heavy (non-hydrogen) atoms. The van der Waals surface area contributed by atoms with Crippen LogP contribution in [0.3, 0.4) is 0 Å². The number of fused-ring (bicyclic) bond motifs is 2. The number of nitrogens with one attached hydrogen (secondary N) is 1. The van der Waals surface area contributed by atoms with Gasteiger partial charge >= 0.3 is 0 Å². The third-order valence-electron chi connectivity index (χ3n) is 4.67. The number of H-pyrrole nitrogens is 1. The lowest BCUT2D eigenvalue weighted by Crippen LogP contribution is -2.21. The molecule has 0 radical (unpaired) electrons. The van der Waals surface area contributed by atoms with Crippen molar-refractivity contribution in [2.75, 3.05) is 7.05 Å². The largest absolute Gasteiger partial charge is 0.309 e. The van der Waals surface area contributed by atoms with E-state index in [1.807, 2.05) is 61.6 Å². The minimum atomic E-state index is -0.0863. The topological polar surface area (TPSA) is 61.9 Å². The van der Waals surface area contributed by atoms with Crippen LogP contribution in [0.15, 0.2) is 65.5 Å². The van der Waals surface area contributed by atoms with Crippen LogP contribution in [-0.2, 0) is 13.1 Å². The van der Waals surface area contributed by atoms with E-state index in [0.717, 1.165) is 25.8 Å². The highest BCUT2D eigenvalue weighted by atomic mass is 32.1. The lowest BCUT2D eigenvalue weighted by molar-refractivity contribution is 0.310. The predicted molar refractivity (Wildman–Crippen MR) is 120 cm³/mol. The Hall–Kier alpha value is -2.87. The molecule has 0 unspecified atom stereocenters. The molecule has 0 atom stereocenters. The van der Waals surface area contributed by atoms with Gasteiger partial charge < -0.3 is 4.98 Å². The predicted octanol–water partition coefficient (Wildman–Crippen LogP) is 4.89. The number of benzene rings is 2. The number of aromatic nitrogens is 3. The van der Waals surface area contributed by atoms with E-state index >= 15 is 0 Å². The highest BCUT2D eigenvalue weighted by Gasteiger charge is 2.12.